The number of nitrogens with one attached hydrogen (secondary N) is 2. The standard InChI is InChI=1S/C29H38N10O2/c1-3-36(4-2)28(41)20-9-7-14-38(18-20)29-34-26(30-17-23-32-21-10-5-6-11-22(21)33-23)25-27(35-29)39(19-31-25)16-15-37-13-8-12-24(37)40/h5-6,10-11,19-20H,3-4,7-9,12-18H2,1-2H3,(H,32,33)(H,30,34,35). The van der Waals surface area contributed by atoms with Crippen LogP contribution in [0.15, 0.2) is 30.6 Å². The van der Waals surface area contributed by atoms with Crippen LogP contribution in [-0.2, 0) is 22.7 Å². The number of hydrogen-bond acceptors (Lipinski definition) is 8. The monoisotopic (exact) mass is 558 g/mol. The lowest BCUT2D eigenvalue weighted by atomic mass is 9.96. The van der Waals surface area contributed by atoms with Gasteiger partial charge in [-0.25, -0.2) is 9.97 Å². The van der Waals surface area contributed by atoms with Crippen LogP contribution in [0.5, 0.6) is 0 Å². The van der Waals surface area contributed by atoms with Crippen molar-refractivity contribution in [2.75, 3.05) is 49.5 Å². The zero-order chi connectivity index (χ0) is 28.3. The van der Waals surface area contributed by atoms with E-state index in [-0.39, 0.29) is 17.7 Å². The van der Waals surface area contributed by atoms with Gasteiger partial charge in [0.15, 0.2) is 17.0 Å². The van der Waals surface area contributed by atoms with Crippen molar-refractivity contribution in [3.8, 4) is 0 Å². The molecule has 5 heterocycles. The highest BCUT2D eigenvalue weighted by Gasteiger charge is 2.30. The van der Waals surface area contributed by atoms with Crippen molar-refractivity contribution in [3.63, 3.8) is 0 Å². The van der Waals surface area contributed by atoms with Crippen molar-refractivity contribution in [1.82, 2.24) is 39.3 Å². The highest BCUT2D eigenvalue weighted by Crippen LogP contribution is 2.27. The van der Waals surface area contributed by atoms with Crippen LogP contribution in [0.3, 0.4) is 0 Å². The molecule has 41 heavy (non-hydrogen) atoms. The largest absolute Gasteiger partial charge is 0.361 e. The van der Waals surface area contributed by atoms with E-state index in [9.17, 15) is 9.59 Å². The Balaban J connectivity index is 1.29. The number of rotatable bonds is 10. The van der Waals surface area contributed by atoms with Gasteiger partial charge in [-0.1, -0.05) is 12.1 Å². The number of amides is 2. The van der Waals surface area contributed by atoms with Crippen molar-refractivity contribution >= 4 is 45.8 Å². The number of likely N-dealkylation sites (tertiary alicyclic amines) is 1. The number of fused-ring (bicyclic) bond motifs is 2. The molecule has 0 spiro atoms. The first-order valence-corrected chi connectivity index (χ1v) is 14.8. The average molecular weight is 559 g/mol. The Morgan fingerprint density at radius 2 is 1.95 bits per heavy atom. The summed E-state index contributed by atoms with van der Waals surface area (Å²) in [6.07, 6.45) is 5.08. The fourth-order valence-electron chi connectivity index (χ4n) is 5.94. The van der Waals surface area contributed by atoms with E-state index in [1.165, 1.54) is 0 Å². The molecule has 2 N–H and O–H groups in total. The minimum Gasteiger partial charge on any atom is -0.361 e. The Bertz CT molecular complexity index is 1510. The Labute approximate surface area is 239 Å². The van der Waals surface area contributed by atoms with Crippen LogP contribution in [-0.4, -0.2) is 90.4 Å². The maximum atomic E-state index is 13.2. The van der Waals surface area contributed by atoms with Gasteiger partial charge in [0, 0.05) is 52.2 Å². The number of imidazole rings is 2. The van der Waals surface area contributed by atoms with Gasteiger partial charge in [-0.15, -0.1) is 0 Å². The predicted octanol–water partition coefficient (Wildman–Crippen LogP) is 3.02. The van der Waals surface area contributed by atoms with E-state index in [1.807, 2.05) is 52.5 Å². The van der Waals surface area contributed by atoms with Gasteiger partial charge in [0.05, 0.1) is 29.8 Å². The lowest BCUT2D eigenvalue weighted by molar-refractivity contribution is -0.135. The van der Waals surface area contributed by atoms with Gasteiger partial charge < -0.3 is 29.6 Å². The first-order valence-electron chi connectivity index (χ1n) is 14.8. The number of carbonyl (C=O) groups is 2. The van der Waals surface area contributed by atoms with Crippen LogP contribution in [0.2, 0.25) is 0 Å². The lowest BCUT2D eigenvalue weighted by Gasteiger charge is -2.34. The van der Waals surface area contributed by atoms with E-state index in [1.54, 1.807) is 6.33 Å². The molecule has 4 aromatic rings. The third kappa shape index (κ3) is 5.55. The SMILES string of the molecule is CCN(CC)C(=O)C1CCCN(c2nc(NCc3nc4ccccc4[nH]3)c3ncn(CCN4CCCC4=O)c3n2)C1. The van der Waals surface area contributed by atoms with Gasteiger partial charge in [-0.2, -0.15) is 9.97 Å². The summed E-state index contributed by atoms with van der Waals surface area (Å²) in [5.74, 6) is 2.33. The molecule has 1 atom stereocenters. The van der Waals surface area contributed by atoms with E-state index in [2.05, 4.69) is 20.2 Å². The van der Waals surface area contributed by atoms with Gasteiger partial charge >= 0.3 is 0 Å². The summed E-state index contributed by atoms with van der Waals surface area (Å²) in [6, 6.07) is 7.94. The quantitative estimate of drug-likeness (QED) is 0.304. The van der Waals surface area contributed by atoms with Gasteiger partial charge in [-0.05, 0) is 45.2 Å². The van der Waals surface area contributed by atoms with E-state index < -0.39 is 0 Å². The van der Waals surface area contributed by atoms with E-state index in [4.69, 9.17) is 15.0 Å². The molecule has 0 radical (unpaired) electrons. The molecule has 12 heteroatoms. The Morgan fingerprint density at radius 3 is 2.73 bits per heavy atom. The maximum absolute atomic E-state index is 13.2. The number of piperidine rings is 1. The smallest absolute Gasteiger partial charge is 0.229 e. The molecular weight excluding hydrogens is 520 g/mol. The highest BCUT2D eigenvalue weighted by molar-refractivity contribution is 5.85. The summed E-state index contributed by atoms with van der Waals surface area (Å²) in [7, 11) is 0. The fraction of sp³-hybridized carbons (Fsp3) is 0.517. The van der Waals surface area contributed by atoms with Crippen molar-refractivity contribution < 1.29 is 9.59 Å². The van der Waals surface area contributed by atoms with Gasteiger partial charge in [0.1, 0.15) is 5.82 Å². The van der Waals surface area contributed by atoms with Gasteiger partial charge in [0.2, 0.25) is 17.8 Å². The summed E-state index contributed by atoms with van der Waals surface area (Å²) in [6.45, 7) is 9.30. The van der Waals surface area contributed by atoms with Crippen LogP contribution in [0.25, 0.3) is 22.2 Å². The summed E-state index contributed by atoms with van der Waals surface area (Å²) >= 11 is 0. The molecule has 1 aromatic carbocycles. The summed E-state index contributed by atoms with van der Waals surface area (Å²) in [5, 5.41) is 3.45. The molecule has 1 unspecified atom stereocenters. The molecule has 216 valence electrons. The topological polar surface area (TPSA) is 128 Å². The molecule has 0 aliphatic carbocycles. The number of benzene rings is 1. The van der Waals surface area contributed by atoms with Crippen LogP contribution in [0, 0.1) is 5.92 Å². The molecule has 6 rings (SSSR count). The number of nitrogens with zero attached hydrogens (tertiary/aromatic N) is 8. The molecule has 2 aliphatic rings. The summed E-state index contributed by atoms with van der Waals surface area (Å²) in [4.78, 5) is 54.0. The van der Waals surface area contributed by atoms with Gasteiger partial charge in [-0.3, -0.25) is 9.59 Å². The minimum atomic E-state index is -0.0824. The number of hydrogen-bond donors (Lipinski definition) is 2. The molecule has 2 amide bonds. The Kier molecular flexibility index (Phi) is 7.71. The number of para-hydroxylation sites is 2. The number of aromatic amines is 1. The molecule has 2 fully saturated rings. The normalized spacial score (nSPS) is 17.6. The first-order chi connectivity index (χ1) is 20.0. The van der Waals surface area contributed by atoms with Crippen molar-refractivity contribution in [2.24, 2.45) is 5.92 Å². The van der Waals surface area contributed by atoms with Crippen LogP contribution >= 0.6 is 0 Å². The van der Waals surface area contributed by atoms with Crippen molar-refractivity contribution in [1.29, 1.82) is 0 Å². The predicted molar refractivity (Wildman–Crippen MR) is 157 cm³/mol. The van der Waals surface area contributed by atoms with E-state index in [0.29, 0.717) is 68.6 Å². The number of carbonyl (C=O) groups excluding carboxylic acids is 2. The molecule has 12 nitrogen and oxygen atoms in total. The highest BCUT2D eigenvalue weighted by atomic mass is 16.2. The molecule has 2 saturated heterocycles. The molecule has 0 saturated carbocycles. The first kappa shape index (κ1) is 27.0. The molecular formula is C29H38N10O2. The lowest BCUT2D eigenvalue weighted by Crippen LogP contribution is -2.45. The zero-order valence-electron chi connectivity index (χ0n) is 23.8. The van der Waals surface area contributed by atoms with Crippen molar-refractivity contribution in [2.45, 2.75) is 52.6 Å². The minimum absolute atomic E-state index is 0.0824. The summed E-state index contributed by atoms with van der Waals surface area (Å²) < 4.78 is 2.00. The van der Waals surface area contributed by atoms with Crippen LogP contribution in [0.4, 0.5) is 11.8 Å². The third-order valence-electron chi connectivity index (χ3n) is 8.22. The zero-order valence-corrected chi connectivity index (χ0v) is 23.8. The summed E-state index contributed by atoms with van der Waals surface area (Å²) in [5.41, 5.74) is 3.28. The van der Waals surface area contributed by atoms with E-state index >= 15 is 0 Å². The second-order valence-electron chi connectivity index (χ2n) is 10.8. The Morgan fingerprint density at radius 1 is 1.10 bits per heavy atom. The van der Waals surface area contributed by atoms with Crippen molar-refractivity contribution in [3.05, 3.63) is 36.4 Å². The van der Waals surface area contributed by atoms with Crippen LogP contribution in [0.1, 0.15) is 45.4 Å². The number of anilines is 2. The third-order valence-corrected chi connectivity index (χ3v) is 8.22. The van der Waals surface area contributed by atoms with Crippen LogP contribution < -0.4 is 10.2 Å². The van der Waals surface area contributed by atoms with E-state index in [0.717, 1.165) is 49.2 Å². The molecule has 2 aliphatic heterocycles. The number of H-pyrrole nitrogens is 1. The number of aromatic nitrogens is 6. The Hall–Kier alpha value is -4.22. The molecule has 0 bridgehead atoms. The second kappa shape index (κ2) is 11.7. The van der Waals surface area contributed by atoms with Gasteiger partial charge in [0.25, 0.3) is 0 Å². The average Bonchev–Trinajstić information content (AvgIpc) is 3.73. The molecule has 3 aromatic heterocycles. The maximum Gasteiger partial charge on any atom is 0.229 e. The second-order valence-corrected chi connectivity index (χ2v) is 10.8. The fourth-order valence-corrected chi connectivity index (χ4v) is 5.94.